The number of ether oxygens (including phenoxy) is 2. The maximum Gasteiger partial charge on any atom is 0.243 e. The molecule has 0 radical (unpaired) electrons. The molecule has 2 aromatic carbocycles. The number of fused-ring (bicyclic) bond motifs is 1. The van der Waals surface area contributed by atoms with Gasteiger partial charge in [-0.1, -0.05) is 35.5 Å². The lowest BCUT2D eigenvalue weighted by Gasteiger charge is -2.17. The molecule has 0 aliphatic carbocycles. The number of nitrogens with one attached hydrogen (secondary N) is 1. The summed E-state index contributed by atoms with van der Waals surface area (Å²) in [7, 11) is 0. The number of carbonyl (C=O) groups excluding carboxylic acids is 1. The van der Waals surface area contributed by atoms with Crippen LogP contribution in [0.4, 0.5) is 5.82 Å². The van der Waals surface area contributed by atoms with E-state index in [0.29, 0.717) is 30.5 Å². The Morgan fingerprint density at radius 1 is 1.07 bits per heavy atom. The van der Waals surface area contributed by atoms with Crippen molar-refractivity contribution < 1.29 is 18.8 Å². The summed E-state index contributed by atoms with van der Waals surface area (Å²) >= 11 is 1.45. The summed E-state index contributed by atoms with van der Waals surface area (Å²) in [6, 6.07) is 17.1. The van der Waals surface area contributed by atoms with Gasteiger partial charge in [0.1, 0.15) is 11.0 Å². The highest BCUT2D eigenvalue weighted by atomic mass is 32.2. The van der Waals surface area contributed by atoms with Gasteiger partial charge >= 0.3 is 0 Å². The lowest BCUT2D eigenvalue weighted by atomic mass is 10.1. The zero-order chi connectivity index (χ0) is 19.3. The van der Waals surface area contributed by atoms with E-state index in [0.717, 1.165) is 22.6 Å². The van der Waals surface area contributed by atoms with Crippen molar-refractivity contribution in [1.29, 1.82) is 0 Å². The summed E-state index contributed by atoms with van der Waals surface area (Å²) in [5.74, 6) is 2.32. The van der Waals surface area contributed by atoms with Crippen molar-refractivity contribution in [1.82, 2.24) is 5.16 Å². The first-order valence-corrected chi connectivity index (χ1v) is 9.92. The van der Waals surface area contributed by atoms with Crippen LogP contribution in [0.25, 0.3) is 0 Å². The van der Waals surface area contributed by atoms with Gasteiger partial charge in [0.05, 0.1) is 13.2 Å². The number of hydrogen-bond donors (Lipinski definition) is 1. The van der Waals surface area contributed by atoms with Gasteiger partial charge in [0.15, 0.2) is 17.3 Å². The highest BCUT2D eigenvalue weighted by molar-refractivity contribution is 8.00. The number of amides is 1. The Hall–Kier alpha value is -2.93. The summed E-state index contributed by atoms with van der Waals surface area (Å²) in [5.41, 5.74) is 0.900. The molecule has 144 valence electrons. The second kappa shape index (κ2) is 8.39. The molecule has 1 N–H and O–H groups in total. The zero-order valence-corrected chi connectivity index (χ0v) is 16.2. The van der Waals surface area contributed by atoms with Crippen molar-refractivity contribution in [2.45, 2.75) is 23.5 Å². The van der Waals surface area contributed by atoms with Gasteiger partial charge in [-0.05, 0) is 30.7 Å². The first kappa shape index (κ1) is 18.4. The number of aromatic nitrogens is 1. The Balaban J connectivity index is 1.59. The number of aryl methyl sites for hydroxylation is 1. The van der Waals surface area contributed by atoms with E-state index in [2.05, 4.69) is 10.5 Å². The van der Waals surface area contributed by atoms with E-state index in [1.807, 2.05) is 48.5 Å². The highest BCUT2D eigenvalue weighted by Crippen LogP contribution is 2.40. The molecule has 1 aliphatic rings. The second-order valence-electron chi connectivity index (χ2n) is 6.38. The molecule has 4 rings (SSSR count). The molecule has 0 saturated heterocycles. The number of nitrogens with zero attached hydrogens (tertiary/aromatic N) is 1. The minimum absolute atomic E-state index is 0.170. The molecule has 0 spiro atoms. The van der Waals surface area contributed by atoms with Gasteiger partial charge in [-0.15, -0.1) is 11.8 Å². The molecule has 6 nitrogen and oxygen atoms in total. The second-order valence-corrected chi connectivity index (χ2v) is 7.56. The van der Waals surface area contributed by atoms with E-state index in [-0.39, 0.29) is 5.91 Å². The molecular weight excluding hydrogens is 376 g/mol. The van der Waals surface area contributed by atoms with Crippen molar-refractivity contribution >= 4 is 23.5 Å². The average molecular weight is 396 g/mol. The Morgan fingerprint density at radius 2 is 1.86 bits per heavy atom. The third kappa shape index (κ3) is 4.31. The Bertz CT molecular complexity index is 958. The number of anilines is 1. The van der Waals surface area contributed by atoms with E-state index in [9.17, 15) is 4.79 Å². The number of rotatable bonds is 5. The minimum atomic E-state index is -0.456. The fraction of sp³-hybridized carbons (Fsp3) is 0.238. The minimum Gasteiger partial charge on any atom is -0.490 e. The highest BCUT2D eigenvalue weighted by Gasteiger charge is 2.24. The van der Waals surface area contributed by atoms with E-state index in [4.69, 9.17) is 14.0 Å². The monoisotopic (exact) mass is 396 g/mol. The summed E-state index contributed by atoms with van der Waals surface area (Å²) < 4.78 is 16.5. The predicted molar refractivity (Wildman–Crippen MR) is 107 cm³/mol. The SMILES string of the molecule is Cc1cc(NC(=O)[C@@H](Sc2ccc3c(c2)OCCCO3)c2ccccc2)no1. The van der Waals surface area contributed by atoms with Crippen LogP contribution in [-0.4, -0.2) is 24.3 Å². The maximum absolute atomic E-state index is 13.0. The normalized spacial score (nSPS) is 14.2. The van der Waals surface area contributed by atoms with Gasteiger partial charge in [0.2, 0.25) is 5.91 Å². The van der Waals surface area contributed by atoms with Crippen LogP contribution in [0.1, 0.15) is 23.0 Å². The van der Waals surface area contributed by atoms with Gasteiger partial charge in [0, 0.05) is 17.4 Å². The van der Waals surface area contributed by atoms with E-state index in [1.165, 1.54) is 11.8 Å². The molecule has 0 saturated carbocycles. The van der Waals surface area contributed by atoms with Gasteiger partial charge in [-0.2, -0.15) is 0 Å². The quantitative estimate of drug-likeness (QED) is 0.635. The Kier molecular flexibility index (Phi) is 5.53. The van der Waals surface area contributed by atoms with Crippen LogP contribution in [0, 0.1) is 6.92 Å². The maximum atomic E-state index is 13.0. The van der Waals surface area contributed by atoms with E-state index in [1.54, 1.807) is 13.0 Å². The molecule has 28 heavy (non-hydrogen) atoms. The van der Waals surface area contributed by atoms with Crippen molar-refractivity contribution in [2.24, 2.45) is 0 Å². The molecule has 0 unspecified atom stereocenters. The summed E-state index contributed by atoms with van der Waals surface area (Å²) in [6.07, 6.45) is 0.851. The number of hydrogen-bond acceptors (Lipinski definition) is 6. The topological polar surface area (TPSA) is 73.6 Å². The fourth-order valence-corrected chi connectivity index (χ4v) is 3.92. The molecule has 0 bridgehead atoms. The summed E-state index contributed by atoms with van der Waals surface area (Å²) in [5, 5.41) is 6.23. The third-order valence-corrected chi connectivity index (χ3v) is 5.44. The van der Waals surface area contributed by atoms with Crippen LogP contribution in [0.5, 0.6) is 11.5 Å². The summed E-state index contributed by atoms with van der Waals surface area (Å²) in [6.45, 7) is 3.05. The van der Waals surface area contributed by atoms with Crippen LogP contribution in [0.15, 0.2) is 64.0 Å². The number of carbonyl (C=O) groups is 1. The van der Waals surface area contributed by atoms with Crippen molar-refractivity contribution in [3.63, 3.8) is 0 Å². The van der Waals surface area contributed by atoms with Crippen molar-refractivity contribution in [2.75, 3.05) is 18.5 Å². The Labute approximate surface area is 167 Å². The van der Waals surface area contributed by atoms with E-state index >= 15 is 0 Å². The molecule has 0 fully saturated rings. The molecule has 1 amide bonds. The van der Waals surface area contributed by atoms with Gasteiger partial charge in [-0.25, -0.2) is 0 Å². The standard InChI is InChI=1S/C21H20N2O4S/c1-14-12-19(23-27-14)22-21(24)20(15-6-3-2-4-7-15)28-16-8-9-17-18(13-16)26-11-5-10-25-17/h2-4,6-9,12-13,20H,5,10-11H2,1H3,(H,22,23,24)/t20-/m0/s1. The van der Waals surface area contributed by atoms with Gasteiger partial charge in [0.25, 0.3) is 0 Å². The summed E-state index contributed by atoms with van der Waals surface area (Å²) in [4.78, 5) is 13.9. The van der Waals surface area contributed by atoms with Crippen molar-refractivity contribution in [3.8, 4) is 11.5 Å². The van der Waals surface area contributed by atoms with Crippen LogP contribution in [-0.2, 0) is 4.79 Å². The molecule has 1 atom stereocenters. The first-order chi connectivity index (χ1) is 13.7. The average Bonchev–Trinajstić information content (AvgIpc) is 2.98. The van der Waals surface area contributed by atoms with Crippen LogP contribution >= 0.6 is 11.8 Å². The van der Waals surface area contributed by atoms with Crippen molar-refractivity contribution in [3.05, 3.63) is 65.9 Å². The van der Waals surface area contributed by atoms with Gasteiger partial charge in [-0.3, -0.25) is 4.79 Å². The predicted octanol–water partition coefficient (Wildman–Crippen LogP) is 4.62. The van der Waals surface area contributed by atoms with Crippen LogP contribution in [0.3, 0.4) is 0 Å². The third-order valence-electron chi connectivity index (χ3n) is 4.19. The number of benzene rings is 2. The largest absolute Gasteiger partial charge is 0.490 e. The Morgan fingerprint density at radius 3 is 2.61 bits per heavy atom. The van der Waals surface area contributed by atoms with Crippen LogP contribution < -0.4 is 14.8 Å². The fourth-order valence-electron chi connectivity index (χ4n) is 2.87. The first-order valence-electron chi connectivity index (χ1n) is 9.04. The zero-order valence-electron chi connectivity index (χ0n) is 15.4. The molecular formula is C21H20N2O4S. The molecule has 3 aromatic rings. The lowest BCUT2D eigenvalue weighted by Crippen LogP contribution is -2.19. The molecule has 2 heterocycles. The van der Waals surface area contributed by atoms with E-state index < -0.39 is 5.25 Å². The van der Waals surface area contributed by atoms with Crippen LogP contribution in [0.2, 0.25) is 0 Å². The molecule has 1 aromatic heterocycles. The smallest absolute Gasteiger partial charge is 0.243 e. The lowest BCUT2D eigenvalue weighted by molar-refractivity contribution is -0.115. The van der Waals surface area contributed by atoms with Gasteiger partial charge < -0.3 is 19.3 Å². The molecule has 1 aliphatic heterocycles. The number of thioether (sulfide) groups is 1. The molecule has 7 heteroatoms.